The molecule has 0 atom stereocenters. The van der Waals surface area contributed by atoms with Gasteiger partial charge in [-0.15, -0.1) is 15.6 Å². The third kappa shape index (κ3) is 2.10. The lowest BCUT2D eigenvalue weighted by Gasteiger charge is -2.05. The Morgan fingerprint density at radius 3 is 2.69 bits per heavy atom. The van der Waals surface area contributed by atoms with Crippen molar-refractivity contribution in [3.8, 4) is 10.6 Å². The number of nitrogens with one attached hydrogen (secondary N) is 1. The molecule has 0 spiro atoms. The lowest BCUT2D eigenvalue weighted by molar-refractivity contribution is 0.594. The summed E-state index contributed by atoms with van der Waals surface area (Å²) in [6.45, 7) is 0. The molecule has 0 unspecified atom stereocenters. The van der Waals surface area contributed by atoms with Crippen molar-refractivity contribution >= 4 is 33.1 Å². The summed E-state index contributed by atoms with van der Waals surface area (Å²) in [6, 6.07) is 6.57. The van der Waals surface area contributed by atoms with E-state index in [1.165, 1.54) is 17.4 Å². The van der Waals surface area contributed by atoms with Gasteiger partial charge in [-0.05, 0) is 17.8 Å². The summed E-state index contributed by atoms with van der Waals surface area (Å²) in [5.74, 6) is 0. The average molecular weight is 275 g/mol. The Labute approximate surface area is 102 Å². The highest BCUT2D eigenvalue weighted by atomic mass is 35.5. The van der Waals surface area contributed by atoms with Crippen LogP contribution in [0.15, 0.2) is 40.7 Å². The van der Waals surface area contributed by atoms with Crippen LogP contribution in [0.25, 0.3) is 10.6 Å². The van der Waals surface area contributed by atoms with E-state index in [-0.39, 0.29) is 4.90 Å². The largest absolute Gasteiger partial charge is 0.254 e. The Hall–Kier alpha value is -0.950. The van der Waals surface area contributed by atoms with Gasteiger partial charge in [0.15, 0.2) is 0 Å². The summed E-state index contributed by atoms with van der Waals surface area (Å²) in [4.78, 5) is 4.20. The first-order chi connectivity index (χ1) is 7.65. The molecule has 0 saturated heterocycles. The lowest BCUT2D eigenvalue weighted by Crippen LogP contribution is -2.14. The summed E-state index contributed by atoms with van der Waals surface area (Å²) in [6.07, 6.45) is 1.62. The molecule has 0 saturated carbocycles. The zero-order chi connectivity index (χ0) is 11.6. The fraction of sp³-hybridized carbons (Fsp3) is 0. The summed E-state index contributed by atoms with van der Waals surface area (Å²) in [5, 5.41) is 2.43. The summed E-state index contributed by atoms with van der Waals surface area (Å²) >= 11 is 6.58. The first-order valence-corrected chi connectivity index (χ1v) is 7.00. The molecular formula is C9H7ClN2O2S2. The molecule has 0 aliphatic carbocycles. The van der Waals surface area contributed by atoms with Crippen LogP contribution in [0.4, 0.5) is 0 Å². The van der Waals surface area contributed by atoms with E-state index in [2.05, 4.69) is 4.98 Å². The Balaban J connectivity index is 2.65. The highest BCUT2D eigenvalue weighted by molar-refractivity contribution is 7.90. The zero-order valence-corrected chi connectivity index (χ0v) is 10.3. The minimum Gasteiger partial charge on any atom is -0.245 e. The third-order valence-corrected chi connectivity index (χ3v) is 4.49. The van der Waals surface area contributed by atoms with Crippen molar-refractivity contribution in [2.45, 2.75) is 4.90 Å². The van der Waals surface area contributed by atoms with Crippen LogP contribution in [0.2, 0.25) is 0 Å². The molecule has 2 rings (SSSR count). The highest BCUT2D eigenvalue weighted by Gasteiger charge is 2.18. The molecule has 7 heteroatoms. The maximum atomic E-state index is 11.7. The fourth-order valence-corrected chi connectivity index (χ4v) is 3.06. The molecular weight excluding hydrogens is 268 g/mol. The van der Waals surface area contributed by atoms with E-state index in [0.29, 0.717) is 10.6 Å². The van der Waals surface area contributed by atoms with Crippen LogP contribution in [-0.2, 0) is 10.0 Å². The SMILES string of the molecule is O=S(=O)(NCl)c1ccccc1-c1nccs1. The molecule has 4 nitrogen and oxygen atoms in total. The number of aromatic nitrogens is 1. The molecule has 84 valence electrons. The van der Waals surface area contributed by atoms with Crippen molar-refractivity contribution in [2.24, 2.45) is 0 Å². The van der Waals surface area contributed by atoms with Gasteiger partial charge in [0.2, 0.25) is 0 Å². The minimum absolute atomic E-state index is 0.125. The molecule has 2 aromatic rings. The second-order valence-electron chi connectivity index (χ2n) is 2.91. The monoisotopic (exact) mass is 274 g/mol. The van der Waals surface area contributed by atoms with Gasteiger partial charge < -0.3 is 0 Å². The Bertz CT molecular complexity index is 581. The van der Waals surface area contributed by atoms with E-state index in [0.717, 1.165) is 0 Å². The summed E-state index contributed by atoms with van der Waals surface area (Å²) in [7, 11) is -3.67. The number of hydrogen-bond donors (Lipinski definition) is 1. The maximum Gasteiger partial charge on any atom is 0.254 e. The van der Waals surface area contributed by atoms with E-state index >= 15 is 0 Å². The number of nitrogens with zero attached hydrogens (tertiary/aromatic N) is 1. The standard InChI is InChI=1S/C9H7ClN2O2S2/c10-12-16(13,14)8-4-2-1-3-7(8)9-11-5-6-15-9/h1-6,12H. The molecule has 1 aromatic heterocycles. The maximum absolute atomic E-state index is 11.7. The van der Waals surface area contributed by atoms with Crippen LogP contribution < -0.4 is 4.24 Å². The van der Waals surface area contributed by atoms with Gasteiger partial charge in [-0.25, -0.2) is 13.4 Å². The predicted molar refractivity (Wildman–Crippen MR) is 63.7 cm³/mol. The van der Waals surface area contributed by atoms with Crippen LogP contribution >= 0.6 is 23.1 Å². The van der Waals surface area contributed by atoms with E-state index in [4.69, 9.17) is 11.8 Å². The first kappa shape index (κ1) is 11.5. The molecule has 0 radical (unpaired) electrons. The molecule has 1 aromatic carbocycles. The van der Waals surface area contributed by atoms with Gasteiger partial charge >= 0.3 is 0 Å². The first-order valence-electron chi connectivity index (χ1n) is 4.26. The van der Waals surface area contributed by atoms with Crippen molar-refractivity contribution in [1.82, 2.24) is 9.23 Å². The normalized spacial score (nSPS) is 11.6. The van der Waals surface area contributed by atoms with Crippen LogP contribution in [0, 0.1) is 0 Å². The van der Waals surface area contributed by atoms with Crippen molar-refractivity contribution < 1.29 is 8.42 Å². The van der Waals surface area contributed by atoms with Crippen molar-refractivity contribution in [1.29, 1.82) is 0 Å². The number of halogens is 1. The predicted octanol–water partition coefficient (Wildman–Crippen LogP) is 2.24. The number of thiazole rings is 1. The number of benzene rings is 1. The number of rotatable bonds is 3. The molecule has 0 aliphatic heterocycles. The van der Waals surface area contributed by atoms with Crippen molar-refractivity contribution in [2.75, 3.05) is 0 Å². The van der Waals surface area contributed by atoms with Gasteiger partial charge in [-0.1, -0.05) is 18.2 Å². The van der Waals surface area contributed by atoms with E-state index in [1.807, 2.05) is 0 Å². The molecule has 1 heterocycles. The van der Waals surface area contributed by atoms with Gasteiger partial charge in [-0.3, -0.25) is 0 Å². The fourth-order valence-electron chi connectivity index (χ4n) is 1.28. The van der Waals surface area contributed by atoms with E-state index in [1.54, 1.807) is 34.0 Å². The summed E-state index contributed by atoms with van der Waals surface area (Å²) in [5.41, 5.74) is 0.547. The van der Waals surface area contributed by atoms with Gasteiger partial charge in [0.05, 0.1) is 4.90 Å². The average Bonchev–Trinajstić information content (AvgIpc) is 2.82. The van der Waals surface area contributed by atoms with Gasteiger partial charge in [0.25, 0.3) is 10.0 Å². The van der Waals surface area contributed by atoms with Crippen LogP contribution in [0.5, 0.6) is 0 Å². The Kier molecular flexibility index (Phi) is 3.25. The van der Waals surface area contributed by atoms with Gasteiger partial charge in [0.1, 0.15) is 5.01 Å². The molecule has 0 bridgehead atoms. The van der Waals surface area contributed by atoms with Crippen molar-refractivity contribution in [3.05, 3.63) is 35.8 Å². The molecule has 0 aliphatic rings. The smallest absolute Gasteiger partial charge is 0.245 e. The topological polar surface area (TPSA) is 59.1 Å². The second-order valence-corrected chi connectivity index (χ2v) is 5.87. The van der Waals surface area contributed by atoms with Gasteiger partial charge in [-0.2, -0.15) is 0 Å². The molecule has 0 amide bonds. The van der Waals surface area contributed by atoms with Crippen LogP contribution in [0.3, 0.4) is 0 Å². The quantitative estimate of drug-likeness (QED) is 0.874. The van der Waals surface area contributed by atoms with E-state index < -0.39 is 10.0 Å². The lowest BCUT2D eigenvalue weighted by atomic mass is 10.2. The summed E-state index contributed by atoms with van der Waals surface area (Å²) < 4.78 is 25.1. The second kappa shape index (κ2) is 4.50. The molecule has 16 heavy (non-hydrogen) atoms. The molecule has 0 fully saturated rings. The van der Waals surface area contributed by atoms with Crippen molar-refractivity contribution in [3.63, 3.8) is 0 Å². The highest BCUT2D eigenvalue weighted by Crippen LogP contribution is 2.28. The number of sulfonamides is 1. The number of hydrogen-bond acceptors (Lipinski definition) is 4. The third-order valence-electron chi connectivity index (χ3n) is 1.94. The van der Waals surface area contributed by atoms with E-state index in [9.17, 15) is 8.42 Å². The van der Waals surface area contributed by atoms with Crippen LogP contribution in [-0.4, -0.2) is 13.4 Å². The Morgan fingerprint density at radius 2 is 2.06 bits per heavy atom. The minimum atomic E-state index is -3.67. The van der Waals surface area contributed by atoms with Crippen LogP contribution in [0.1, 0.15) is 0 Å². The molecule has 1 N–H and O–H groups in total. The zero-order valence-electron chi connectivity index (χ0n) is 7.92. The van der Waals surface area contributed by atoms with Gasteiger partial charge in [0, 0.05) is 17.1 Å². The Morgan fingerprint density at radius 1 is 1.31 bits per heavy atom.